The molecule has 128 valence electrons. The molecule has 2 aromatic carbocycles. The predicted molar refractivity (Wildman–Crippen MR) is 109 cm³/mol. The highest BCUT2D eigenvalue weighted by Crippen LogP contribution is 2.25. The predicted octanol–water partition coefficient (Wildman–Crippen LogP) is 4.88. The van der Waals surface area contributed by atoms with Gasteiger partial charge in [-0.1, -0.05) is 69.7 Å². The Kier molecular flexibility index (Phi) is 6.11. The van der Waals surface area contributed by atoms with Crippen LogP contribution < -0.4 is 4.74 Å². The van der Waals surface area contributed by atoms with Crippen molar-refractivity contribution in [2.75, 3.05) is 5.75 Å². The lowest BCUT2D eigenvalue weighted by Gasteiger charge is -2.12. The molecule has 0 saturated carbocycles. The van der Waals surface area contributed by atoms with Crippen molar-refractivity contribution in [3.63, 3.8) is 0 Å². The topological polar surface area (TPSA) is 41.9 Å². The maximum absolute atomic E-state index is 11.8. The molecule has 0 aromatic heterocycles. The van der Waals surface area contributed by atoms with E-state index >= 15 is 0 Å². The number of amides is 1. The van der Waals surface area contributed by atoms with Crippen LogP contribution in [0.1, 0.15) is 11.1 Å². The van der Waals surface area contributed by atoms with E-state index in [-0.39, 0.29) is 5.91 Å². The summed E-state index contributed by atoms with van der Waals surface area (Å²) in [5, 5.41) is 6.09. The smallest absolute Gasteiger partial charge is 0.259 e. The Bertz CT molecular complexity index is 844. The van der Waals surface area contributed by atoms with E-state index in [1.807, 2.05) is 42.5 Å². The molecule has 3 rings (SSSR count). The first-order valence-corrected chi connectivity index (χ1v) is 9.80. The molecule has 4 nitrogen and oxygen atoms in total. The summed E-state index contributed by atoms with van der Waals surface area (Å²) < 4.78 is 7.22. The zero-order chi connectivity index (χ0) is 17.8. The highest BCUT2D eigenvalue weighted by atomic mass is 79.9. The average molecular weight is 456 g/mol. The summed E-state index contributed by atoms with van der Waals surface area (Å²) in [7, 11) is 0. The Morgan fingerprint density at radius 1 is 1.36 bits per heavy atom. The molecular weight excluding hydrogens is 444 g/mol. The third-order valence-corrected chi connectivity index (χ3v) is 5.55. The fourth-order valence-corrected chi connectivity index (χ4v) is 3.64. The second kappa shape index (κ2) is 8.31. The number of rotatable bonds is 5. The second-order valence-electron chi connectivity index (χ2n) is 5.07. The molecule has 0 unspecified atom stereocenters. The summed E-state index contributed by atoms with van der Waals surface area (Å²) in [6.45, 7) is 0.332. The number of carbonyl (C=O) groups excluding carboxylic acids is 1. The number of carbonyl (C=O) groups is 1. The molecule has 2 aromatic rings. The molecule has 1 amide bonds. The van der Waals surface area contributed by atoms with E-state index < -0.39 is 0 Å². The Hall–Kier alpha value is -1.41. The van der Waals surface area contributed by atoms with Crippen LogP contribution in [0.15, 0.2) is 52.0 Å². The lowest BCUT2D eigenvalue weighted by molar-refractivity contribution is -0.123. The number of benzene rings is 2. The minimum atomic E-state index is -0.125. The molecule has 0 atom stereocenters. The van der Waals surface area contributed by atoms with E-state index in [1.54, 1.807) is 6.21 Å². The Morgan fingerprint density at radius 3 is 2.88 bits per heavy atom. The van der Waals surface area contributed by atoms with Gasteiger partial charge in [-0.05, 0) is 24.3 Å². The van der Waals surface area contributed by atoms with Gasteiger partial charge in [-0.15, -0.1) is 0 Å². The molecule has 0 radical (unpaired) electrons. The van der Waals surface area contributed by atoms with Gasteiger partial charge in [-0.2, -0.15) is 10.1 Å². The zero-order valence-corrected chi connectivity index (χ0v) is 16.8. The quantitative estimate of drug-likeness (QED) is 0.476. The molecular formula is C17H12BrClN2O2S2. The van der Waals surface area contributed by atoms with Crippen LogP contribution in [0.3, 0.4) is 0 Å². The molecule has 1 aliphatic heterocycles. The normalized spacial score (nSPS) is 14.6. The van der Waals surface area contributed by atoms with E-state index in [1.165, 1.54) is 16.8 Å². The van der Waals surface area contributed by atoms with Crippen molar-refractivity contribution in [2.24, 2.45) is 5.10 Å². The van der Waals surface area contributed by atoms with Gasteiger partial charge in [0.25, 0.3) is 5.91 Å². The van der Waals surface area contributed by atoms with Crippen molar-refractivity contribution in [3.05, 3.63) is 63.1 Å². The number of halogens is 2. The lowest BCUT2D eigenvalue weighted by Crippen LogP contribution is -2.22. The zero-order valence-electron chi connectivity index (χ0n) is 12.8. The van der Waals surface area contributed by atoms with Crippen LogP contribution in [0, 0.1) is 0 Å². The van der Waals surface area contributed by atoms with E-state index in [2.05, 4.69) is 21.0 Å². The van der Waals surface area contributed by atoms with Gasteiger partial charge in [-0.25, -0.2) is 0 Å². The molecule has 1 saturated heterocycles. The molecule has 25 heavy (non-hydrogen) atoms. The number of hydrogen-bond donors (Lipinski definition) is 0. The van der Waals surface area contributed by atoms with E-state index in [0.717, 1.165) is 15.6 Å². The summed E-state index contributed by atoms with van der Waals surface area (Å²) in [5.41, 5.74) is 1.62. The number of thioether (sulfide) groups is 1. The van der Waals surface area contributed by atoms with Crippen molar-refractivity contribution in [3.8, 4) is 5.75 Å². The van der Waals surface area contributed by atoms with Crippen molar-refractivity contribution < 1.29 is 9.53 Å². The fraction of sp³-hybridized carbons (Fsp3) is 0.118. The van der Waals surface area contributed by atoms with Crippen molar-refractivity contribution in [1.29, 1.82) is 0 Å². The number of thiocarbonyl (C=S) groups is 1. The van der Waals surface area contributed by atoms with E-state index in [0.29, 0.717) is 27.5 Å². The summed E-state index contributed by atoms with van der Waals surface area (Å²) in [5.74, 6) is 0.835. The highest BCUT2D eigenvalue weighted by molar-refractivity contribution is 9.10. The van der Waals surface area contributed by atoms with Gasteiger partial charge in [0, 0.05) is 20.6 Å². The molecule has 0 bridgehead atoms. The van der Waals surface area contributed by atoms with Gasteiger partial charge in [-0.3, -0.25) is 4.79 Å². The van der Waals surface area contributed by atoms with Crippen LogP contribution in [0.4, 0.5) is 0 Å². The molecule has 8 heteroatoms. The largest absolute Gasteiger partial charge is 0.488 e. The minimum Gasteiger partial charge on any atom is -0.488 e. The van der Waals surface area contributed by atoms with Gasteiger partial charge in [0.05, 0.1) is 12.0 Å². The van der Waals surface area contributed by atoms with Crippen molar-refractivity contribution >= 4 is 68.0 Å². The van der Waals surface area contributed by atoms with Gasteiger partial charge in [0.1, 0.15) is 12.4 Å². The van der Waals surface area contributed by atoms with Crippen LogP contribution >= 0.6 is 51.5 Å². The summed E-state index contributed by atoms with van der Waals surface area (Å²) in [6.07, 6.45) is 1.57. The van der Waals surface area contributed by atoms with Crippen LogP contribution in [0.2, 0.25) is 5.02 Å². The first-order chi connectivity index (χ1) is 12.0. The highest BCUT2D eigenvalue weighted by Gasteiger charge is 2.26. The number of hydrogen-bond acceptors (Lipinski definition) is 5. The first kappa shape index (κ1) is 18.4. The van der Waals surface area contributed by atoms with Crippen LogP contribution in [0.5, 0.6) is 5.75 Å². The number of hydrazone groups is 1. The average Bonchev–Trinajstić information content (AvgIpc) is 2.91. The lowest BCUT2D eigenvalue weighted by atomic mass is 10.2. The monoisotopic (exact) mass is 454 g/mol. The Balaban J connectivity index is 1.80. The number of ether oxygens (including phenoxy) is 1. The number of nitrogens with zero attached hydrogens (tertiary/aromatic N) is 2. The second-order valence-corrected chi connectivity index (χ2v) is 8.00. The SMILES string of the molecule is O=C1CSC(=S)N1/N=C/c1cc(Br)ccc1OCc1ccccc1Cl. The molecule has 1 aliphatic rings. The Morgan fingerprint density at radius 2 is 2.16 bits per heavy atom. The van der Waals surface area contributed by atoms with E-state index in [9.17, 15) is 4.79 Å². The summed E-state index contributed by atoms with van der Waals surface area (Å²) >= 11 is 16.0. The van der Waals surface area contributed by atoms with Gasteiger partial charge < -0.3 is 4.74 Å². The summed E-state index contributed by atoms with van der Waals surface area (Å²) in [6, 6.07) is 13.1. The molecule has 1 heterocycles. The van der Waals surface area contributed by atoms with Gasteiger partial charge in [0.15, 0.2) is 4.32 Å². The molecule has 0 aliphatic carbocycles. The van der Waals surface area contributed by atoms with Crippen LogP contribution in [-0.4, -0.2) is 27.2 Å². The Labute approximate surface area is 168 Å². The molecule has 0 spiro atoms. The maximum Gasteiger partial charge on any atom is 0.259 e. The first-order valence-electron chi connectivity index (χ1n) is 7.24. The fourth-order valence-electron chi connectivity index (χ4n) is 2.10. The van der Waals surface area contributed by atoms with E-state index in [4.69, 9.17) is 28.6 Å². The van der Waals surface area contributed by atoms with Crippen molar-refractivity contribution in [2.45, 2.75) is 6.61 Å². The molecule has 0 N–H and O–H groups in total. The third-order valence-electron chi connectivity index (χ3n) is 3.35. The van der Waals surface area contributed by atoms with Crippen LogP contribution in [-0.2, 0) is 11.4 Å². The third kappa shape index (κ3) is 4.61. The maximum atomic E-state index is 11.8. The van der Waals surface area contributed by atoms with Gasteiger partial charge >= 0.3 is 0 Å². The molecule has 1 fully saturated rings. The minimum absolute atomic E-state index is 0.125. The van der Waals surface area contributed by atoms with Crippen LogP contribution in [0.25, 0.3) is 0 Å². The summed E-state index contributed by atoms with van der Waals surface area (Å²) in [4.78, 5) is 11.8. The standard InChI is InChI=1S/C17H12BrClN2O2S2/c18-13-5-6-15(23-9-11-3-1-2-4-14(11)19)12(7-13)8-20-21-16(22)10-25-17(21)24/h1-8H,9-10H2/b20-8+. The van der Waals surface area contributed by atoms with Gasteiger partial charge in [0.2, 0.25) is 0 Å². The van der Waals surface area contributed by atoms with Crippen molar-refractivity contribution in [1.82, 2.24) is 5.01 Å².